The van der Waals surface area contributed by atoms with Crippen LogP contribution in [0.25, 0.3) is 0 Å². The lowest BCUT2D eigenvalue weighted by atomic mass is 10.2. The molecule has 0 unspecified atom stereocenters. The minimum Gasteiger partial charge on any atom is -0.350 e. The smallest absolute Gasteiger partial charge is 0.136 e. The second kappa shape index (κ2) is 4.86. The Morgan fingerprint density at radius 3 is 2.79 bits per heavy atom. The number of rotatable bonds is 3. The highest BCUT2D eigenvalue weighted by Crippen LogP contribution is 2.10. The van der Waals surface area contributed by atoms with Crippen molar-refractivity contribution in [3.8, 4) is 0 Å². The van der Waals surface area contributed by atoms with E-state index in [1.54, 1.807) is 0 Å². The van der Waals surface area contributed by atoms with Crippen molar-refractivity contribution in [1.82, 2.24) is 0 Å². The van der Waals surface area contributed by atoms with Crippen LogP contribution in [0.5, 0.6) is 0 Å². The summed E-state index contributed by atoms with van der Waals surface area (Å²) in [6.07, 6.45) is 0.309. The zero-order chi connectivity index (χ0) is 10.6. The van der Waals surface area contributed by atoms with Gasteiger partial charge >= 0.3 is 0 Å². The number of ketones is 1. The summed E-state index contributed by atoms with van der Waals surface area (Å²) in [5.41, 5.74) is 2.11. The molecular formula is C11H13NOS. The van der Waals surface area contributed by atoms with E-state index in [1.807, 2.05) is 31.2 Å². The number of thiocarbonyl (C=S) groups is 1. The number of aryl methyl sites for hydroxylation is 1. The molecule has 0 fully saturated rings. The molecule has 0 aliphatic rings. The average molecular weight is 207 g/mol. The Balaban J connectivity index is 2.60. The second-order valence-electron chi connectivity index (χ2n) is 3.30. The van der Waals surface area contributed by atoms with Gasteiger partial charge in [0.25, 0.3) is 0 Å². The number of benzene rings is 1. The van der Waals surface area contributed by atoms with E-state index in [0.717, 1.165) is 5.69 Å². The highest BCUT2D eigenvalue weighted by Gasteiger charge is 2.00. The van der Waals surface area contributed by atoms with Gasteiger partial charge in [-0.05, 0) is 31.5 Å². The Hall–Kier alpha value is -1.22. The first kappa shape index (κ1) is 10.9. The van der Waals surface area contributed by atoms with E-state index in [4.69, 9.17) is 12.2 Å². The summed E-state index contributed by atoms with van der Waals surface area (Å²) in [5, 5.41) is 3.02. The molecule has 14 heavy (non-hydrogen) atoms. The Morgan fingerprint density at radius 1 is 1.50 bits per heavy atom. The predicted molar refractivity (Wildman–Crippen MR) is 62.7 cm³/mol. The van der Waals surface area contributed by atoms with Crippen molar-refractivity contribution in [2.24, 2.45) is 0 Å². The van der Waals surface area contributed by atoms with Gasteiger partial charge < -0.3 is 5.32 Å². The Kier molecular flexibility index (Phi) is 3.77. The first-order valence-electron chi connectivity index (χ1n) is 4.44. The van der Waals surface area contributed by atoms with Gasteiger partial charge in [-0.15, -0.1) is 0 Å². The van der Waals surface area contributed by atoms with Crippen LogP contribution < -0.4 is 5.32 Å². The molecule has 0 aliphatic carbocycles. The zero-order valence-corrected chi connectivity index (χ0v) is 9.15. The fourth-order valence-electron chi connectivity index (χ4n) is 1.15. The number of carbonyl (C=O) groups is 1. The van der Waals surface area contributed by atoms with Gasteiger partial charge in [0.2, 0.25) is 0 Å². The molecule has 0 bridgehead atoms. The van der Waals surface area contributed by atoms with Crippen molar-refractivity contribution in [3.63, 3.8) is 0 Å². The summed E-state index contributed by atoms with van der Waals surface area (Å²) in [6.45, 7) is 3.55. The Bertz CT molecular complexity index is 360. The molecule has 1 aromatic carbocycles. The molecule has 0 atom stereocenters. The molecule has 0 radical (unpaired) electrons. The molecule has 0 amide bonds. The summed E-state index contributed by atoms with van der Waals surface area (Å²) in [4.78, 5) is 11.4. The molecule has 0 saturated heterocycles. The normalized spacial score (nSPS) is 9.57. The molecule has 3 heteroatoms. The van der Waals surface area contributed by atoms with Crippen molar-refractivity contribution in [2.75, 3.05) is 5.32 Å². The SMILES string of the molecule is CC(=O)CC(=S)Nc1cccc(C)c1. The third kappa shape index (κ3) is 3.66. The number of carbonyl (C=O) groups excluding carboxylic acids is 1. The summed E-state index contributed by atoms with van der Waals surface area (Å²) in [5.74, 6) is 0.0788. The molecule has 74 valence electrons. The minimum atomic E-state index is 0.0788. The third-order valence-electron chi connectivity index (χ3n) is 1.71. The highest BCUT2D eigenvalue weighted by molar-refractivity contribution is 7.80. The van der Waals surface area contributed by atoms with Gasteiger partial charge in [0.05, 0.1) is 11.4 Å². The fraction of sp³-hybridized carbons (Fsp3) is 0.273. The maximum Gasteiger partial charge on any atom is 0.136 e. The van der Waals surface area contributed by atoms with Crippen molar-refractivity contribution in [1.29, 1.82) is 0 Å². The number of hydrogen-bond donors (Lipinski definition) is 1. The van der Waals surface area contributed by atoms with Gasteiger partial charge in [0, 0.05) is 5.69 Å². The molecule has 0 aliphatic heterocycles. The van der Waals surface area contributed by atoms with E-state index in [0.29, 0.717) is 11.4 Å². The van der Waals surface area contributed by atoms with Crippen LogP contribution in [0.4, 0.5) is 5.69 Å². The summed E-state index contributed by atoms with van der Waals surface area (Å²) in [7, 11) is 0. The van der Waals surface area contributed by atoms with E-state index in [2.05, 4.69) is 5.32 Å². The highest BCUT2D eigenvalue weighted by atomic mass is 32.1. The number of nitrogens with one attached hydrogen (secondary N) is 1. The maximum absolute atomic E-state index is 10.8. The third-order valence-corrected chi connectivity index (χ3v) is 1.96. The van der Waals surface area contributed by atoms with E-state index in [1.165, 1.54) is 12.5 Å². The first-order valence-corrected chi connectivity index (χ1v) is 4.84. The quantitative estimate of drug-likeness (QED) is 0.773. The summed E-state index contributed by atoms with van der Waals surface area (Å²) in [6, 6.07) is 7.89. The average Bonchev–Trinajstić information content (AvgIpc) is 2.01. The van der Waals surface area contributed by atoms with Crippen molar-refractivity contribution < 1.29 is 4.79 Å². The molecule has 1 aromatic rings. The lowest BCUT2D eigenvalue weighted by Crippen LogP contribution is -2.12. The van der Waals surface area contributed by atoms with E-state index >= 15 is 0 Å². The summed E-state index contributed by atoms with van der Waals surface area (Å²) >= 11 is 5.02. The summed E-state index contributed by atoms with van der Waals surface area (Å²) < 4.78 is 0. The van der Waals surface area contributed by atoms with Crippen LogP contribution in [-0.4, -0.2) is 10.8 Å². The second-order valence-corrected chi connectivity index (χ2v) is 3.79. The van der Waals surface area contributed by atoms with Crippen LogP contribution >= 0.6 is 12.2 Å². The van der Waals surface area contributed by atoms with Crippen LogP contribution in [-0.2, 0) is 4.79 Å². The standard InChI is InChI=1S/C11H13NOS/c1-8-4-3-5-10(6-8)12-11(14)7-9(2)13/h3-6H,7H2,1-2H3,(H,12,14). The van der Waals surface area contributed by atoms with Gasteiger partial charge in [-0.3, -0.25) is 4.79 Å². The van der Waals surface area contributed by atoms with Crippen LogP contribution in [0.2, 0.25) is 0 Å². The number of Topliss-reactive ketones (excluding diaryl/α,β-unsaturated/α-hetero) is 1. The lowest BCUT2D eigenvalue weighted by molar-refractivity contribution is -0.115. The first-order chi connectivity index (χ1) is 6.58. The molecule has 0 aromatic heterocycles. The van der Waals surface area contributed by atoms with Gasteiger partial charge in [-0.25, -0.2) is 0 Å². The molecule has 0 spiro atoms. The van der Waals surface area contributed by atoms with Crippen molar-refractivity contribution in [2.45, 2.75) is 20.3 Å². The van der Waals surface area contributed by atoms with Gasteiger partial charge in [-0.2, -0.15) is 0 Å². The molecule has 2 nitrogen and oxygen atoms in total. The molecular weight excluding hydrogens is 194 g/mol. The maximum atomic E-state index is 10.8. The van der Waals surface area contributed by atoms with Gasteiger partial charge in [0.15, 0.2) is 0 Å². The van der Waals surface area contributed by atoms with E-state index < -0.39 is 0 Å². The van der Waals surface area contributed by atoms with Gasteiger partial charge in [-0.1, -0.05) is 24.4 Å². The van der Waals surface area contributed by atoms with Crippen LogP contribution in [0.15, 0.2) is 24.3 Å². The van der Waals surface area contributed by atoms with E-state index in [9.17, 15) is 4.79 Å². The van der Waals surface area contributed by atoms with Crippen LogP contribution in [0, 0.1) is 6.92 Å². The fourth-order valence-corrected chi connectivity index (χ4v) is 1.48. The van der Waals surface area contributed by atoms with Crippen molar-refractivity contribution >= 4 is 28.7 Å². The topological polar surface area (TPSA) is 29.1 Å². The predicted octanol–water partition coefficient (Wildman–Crippen LogP) is 2.71. The molecule has 0 saturated carbocycles. The molecule has 1 rings (SSSR count). The molecule has 0 heterocycles. The van der Waals surface area contributed by atoms with Crippen molar-refractivity contribution in [3.05, 3.63) is 29.8 Å². The van der Waals surface area contributed by atoms with Crippen LogP contribution in [0.1, 0.15) is 18.9 Å². The molecule has 1 N–H and O–H groups in total. The van der Waals surface area contributed by atoms with E-state index in [-0.39, 0.29) is 5.78 Å². The van der Waals surface area contributed by atoms with Gasteiger partial charge in [0.1, 0.15) is 5.78 Å². The minimum absolute atomic E-state index is 0.0788. The Labute approximate surface area is 89.3 Å². The monoisotopic (exact) mass is 207 g/mol. The Morgan fingerprint density at radius 2 is 2.21 bits per heavy atom. The largest absolute Gasteiger partial charge is 0.350 e. The van der Waals surface area contributed by atoms with Crippen LogP contribution in [0.3, 0.4) is 0 Å². The zero-order valence-electron chi connectivity index (χ0n) is 8.33. The number of hydrogen-bond acceptors (Lipinski definition) is 2. The number of anilines is 1. The lowest BCUT2D eigenvalue weighted by Gasteiger charge is -2.06.